The molecule has 1 aromatic heterocycles. The smallest absolute Gasteiger partial charge is 0.0454 e. The zero-order valence-corrected chi connectivity index (χ0v) is 13.5. The van der Waals surface area contributed by atoms with Crippen LogP contribution in [-0.2, 0) is 6.42 Å². The normalized spacial score (nSPS) is 14.7. The minimum atomic E-state index is 0.438. The summed E-state index contributed by atoms with van der Waals surface area (Å²) in [7, 11) is 2.03. The first-order valence-electron chi connectivity index (χ1n) is 8.43. The molecule has 0 saturated carbocycles. The van der Waals surface area contributed by atoms with Gasteiger partial charge in [-0.2, -0.15) is 0 Å². The molecule has 3 nitrogen and oxygen atoms in total. The van der Waals surface area contributed by atoms with Crippen LogP contribution in [0, 0.1) is 0 Å². The fourth-order valence-corrected chi connectivity index (χ4v) is 3.64. The van der Waals surface area contributed by atoms with E-state index in [4.69, 9.17) is 0 Å². The van der Waals surface area contributed by atoms with Gasteiger partial charge in [0.25, 0.3) is 0 Å². The number of fused-ring (bicyclic) bond motifs is 2. The van der Waals surface area contributed by atoms with Crippen LogP contribution >= 0.6 is 0 Å². The van der Waals surface area contributed by atoms with Gasteiger partial charge in [-0.3, -0.25) is 0 Å². The van der Waals surface area contributed by atoms with E-state index in [1.54, 1.807) is 0 Å². The van der Waals surface area contributed by atoms with Crippen LogP contribution < -0.4 is 10.6 Å². The van der Waals surface area contributed by atoms with E-state index in [0.29, 0.717) is 5.92 Å². The van der Waals surface area contributed by atoms with Crippen molar-refractivity contribution in [2.45, 2.75) is 18.8 Å². The molecule has 23 heavy (non-hydrogen) atoms. The van der Waals surface area contributed by atoms with Crippen LogP contribution in [0.15, 0.2) is 48.7 Å². The lowest BCUT2D eigenvalue weighted by molar-refractivity contribution is 0.662. The van der Waals surface area contributed by atoms with Crippen molar-refractivity contribution in [2.24, 2.45) is 0 Å². The van der Waals surface area contributed by atoms with Crippen LogP contribution in [0.1, 0.15) is 29.0 Å². The minimum absolute atomic E-state index is 0.438. The van der Waals surface area contributed by atoms with E-state index >= 15 is 0 Å². The molecule has 4 rings (SSSR count). The summed E-state index contributed by atoms with van der Waals surface area (Å²) < 4.78 is 0. The summed E-state index contributed by atoms with van der Waals surface area (Å²) in [5.41, 5.74) is 6.80. The quantitative estimate of drug-likeness (QED) is 0.669. The van der Waals surface area contributed by atoms with Gasteiger partial charge in [-0.05, 0) is 72.8 Å². The lowest BCUT2D eigenvalue weighted by Crippen LogP contribution is -2.13. The fourth-order valence-electron chi connectivity index (χ4n) is 3.64. The maximum Gasteiger partial charge on any atom is 0.0454 e. The average Bonchev–Trinajstić information content (AvgIpc) is 3.23. The molecule has 2 aromatic carbocycles. The van der Waals surface area contributed by atoms with Crippen molar-refractivity contribution in [3.8, 4) is 0 Å². The van der Waals surface area contributed by atoms with Crippen LogP contribution in [0.2, 0.25) is 0 Å². The van der Waals surface area contributed by atoms with Gasteiger partial charge in [-0.15, -0.1) is 0 Å². The second-order valence-corrected chi connectivity index (χ2v) is 6.36. The number of H-pyrrole nitrogens is 1. The van der Waals surface area contributed by atoms with E-state index in [1.165, 1.54) is 33.3 Å². The Kier molecular flexibility index (Phi) is 3.80. The lowest BCUT2D eigenvalue weighted by Gasteiger charge is -2.19. The summed E-state index contributed by atoms with van der Waals surface area (Å²) in [5, 5.41) is 8.05. The molecule has 1 aliphatic heterocycles. The van der Waals surface area contributed by atoms with Crippen molar-refractivity contribution in [2.75, 3.05) is 25.5 Å². The topological polar surface area (TPSA) is 39.8 Å². The molecule has 118 valence electrons. The molecule has 0 amide bonds. The van der Waals surface area contributed by atoms with Crippen LogP contribution in [0.3, 0.4) is 0 Å². The van der Waals surface area contributed by atoms with Crippen molar-refractivity contribution in [1.82, 2.24) is 10.3 Å². The maximum atomic E-state index is 3.45. The molecular formula is C20H23N3. The Hall–Kier alpha value is -2.26. The number of anilines is 1. The summed E-state index contributed by atoms with van der Waals surface area (Å²) in [5.74, 6) is 0.438. The molecule has 3 N–H and O–H groups in total. The molecule has 0 spiro atoms. The Bertz CT molecular complexity index is 819. The van der Waals surface area contributed by atoms with E-state index in [1.807, 2.05) is 13.2 Å². The molecule has 0 fully saturated rings. The number of aromatic amines is 1. The number of nitrogens with one attached hydrogen (secondary N) is 3. The number of hydrogen-bond donors (Lipinski definition) is 3. The van der Waals surface area contributed by atoms with Crippen LogP contribution in [0.4, 0.5) is 5.69 Å². The van der Waals surface area contributed by atoms with Gasteiger partial charge in [0.05, 0.1) is 0 Å². The highest BCUT2D eigenvalue weighted by Gasteiger charge is 2.18. The fraction of sp³-hybridized carbons (Fsp3) is 0.300. The standard InChI is InChI=1S/C20H23N3/c1-21-9-8-18(14-2-4-19-16(12-14)6-10-22-19)15-3-5-20-17(13-15)7-11-23-20/h2-6,10,12-13,18,21-23H,7-9,11H2,1H3. The number of rotatable bonds is 5. The lowest BCUT2D eigenvalue weighted by atomic mass is 9.87. The molecule has 0 bridgehead atoms. The van der Waals surface area contributed by atoms with Crippen LogP contribution in [0.5, 0.6) is 0 Å². The highest BCUT2D eigenvalue weighted by atomic mass is 14.9. The molecule has 2 heterocycles. The molecule has 0 aliphatic carbocycles. The summed E-state index contributed by atoms with van der Waals surface area (Å²) >= 11 is 0. The summed E-state index contributed by atoms with van der Waals surface area (Å²) in [6.45, 7) is 2.08. The second-order valence-electron chi connectivity index (χ2n) is 6.36. The van der Waals surface area contributed by atoms with Gasteiger partial charge in [0.15, 0.2) is 0 Å². The molecule has 1 aliphatic rings. The van der Waals surface area contributed by atoms with Gasteiger partial charge >= 0.3 is 0 Å². The number of benzene rings is 2. The second kappa shape index (κ2) is 6.09. The maximum absolute atomic E-state index is 3.45. The van der Waals surface area contributed by atoms with Crippen LogP contribution in [-0.4, -0.2) is 25.1 Å². The van der Waals surface area contributed by atoms with Gasteiger partial charge in [0, 0.05) is 29.9 Å². The van der Waals surface area contributed by atoms with Crippen molar-refractivity contribution in [3.05, 3.63) is 65.4 Å². The first kappa shape index (κ1) is 14.3. The molecule has 3 aromatic rings. The molecule has 0 radical (unpaired) electrons. The molecular weight excluding hydrogens is 282 g/mol. The summed E-state index contributed by atoms with van der Waals surface area (Å²) in [6.07, 6.45) is 4.26. The zero-order chi connectivity index (χ0) is 15.6. The van der Waals surface area contributed by atoms with E-state index in [9.17, 15) is 0 Å². The Balaban J connectivity index is 1.73. The molecule has 1 atom stereocenters. The predicted octanol–water partition coefficient (Wildman–Crippen LogP) is 3.88. The highest BCUT2D eigenvalue weighted by molar-refractivity contribution is 5.80. The Morgan fingerprint density at radius 1 is 1.09 bits per heavy atom. The summed E-state index contributed by atoms with van der Waals surface area (Å²) in [4.78, 5) is 3.28. The third kappa shape index (κ3) is 2.73. The highest BCUT2D eigenvalue weighted by Crippen LogP contribution is 2.33. The van der Waals surface area contributed by atoms with E-state index in [2.05, 4.69) is 58.1 Å². The Morgan fingerprint density at radius 2 is 1.96 bits per heavy atom. The SMILES string of the molecule is CNCCC(c1ccc2c(c1)CCN2)c1ccc2[nH]ccc2c1. The molecule has 1 unspecified atom stereocenters. The van der Waals surface area contributed by atoms with E-state index in [-0.39, 0.29) is 0 Å². The van der Waals surface area contributed by atoms with Crippen molar-refractivity contribution in [1.29, 1.82) is 0 Å². The van der Waals surface area contributed by atoms with Crippen molar-refractivity contribution >= 4 is 16.6 Å². The van der Waals surface area contributed by atoms with Crippen LogP contribution in [0.25, 0.3) is 10.9 Å². The number of hydrogen-bond acceptors (Lipinski definition) is 2. The summed E-state index contributed by atoms with van der Waals surface area (Å²) in [6, 6.07) is 15.9. The number of aromatic nitrogens is 1. The molecule has 3 heteroatoms. The first-order valence-corrected chi connectivity index (χ1v) is 8.43. The Labute approximate surface area is 137 Å². The van der Waals surface area contributed by atoms with Crippen molar-refractivity contribution in [3.63, 3.8) is 0 Å². The zero-order valence-electron chi connectivity index (χ0n) is 13.5. The largest absolute Gasteiger partial charge is 0.384 e. The molecule has 0 saturated heterocycles. The monoisotopic (exact) mass is 305 g/mol. The van der Waals surface area contributed by atoms with Gasteiger partial charge in [0.1, 0.15) is 0 Å². The average molecular weight is 305 g/mol. The Morgan fingerprint density at radius 3 is 2.87 bits per heavy atom. The third-order valence-corrected chi connectivity index (χ3v) is 4.90. The van der Waals surface area contributed by atoms with Gasteiger partial charge in [-0.1, -0.05) is 18.2 Å². The van der Waals surface area contributed by atoms with E-state index < -0.39 is 0 Å². The predicted molar refractivity (Wildman–Crippen MR) is 97.3 cm³/mol. The van der Waals surface area contributed by atoms with E-state index in [0.717, 1.165) is 25.9 Å². The first-order chi connectivity index (χ1) is 11.3. The van der Waals surface area contributed by atoms with Crippen molar-refractivity contribution < 1.29 is 0 Å². The van der Waals surface area contributed by atoms with Gasteiger partial charge < -0.3 is 15.6 Å². The third-order valence-electron chi connectivity index (χ3n) is 4.90. The van der Waals surface area contributed by atoms with Gasteiger partial charge in [0.2, 0.25) is 0 Å². The minimum Gasteiger partial charge on any atom is -0.384 e. The van der Waals surface area contributed by atoms with Gasteiger partial charge in [-0.25, -0.2) is 0 Å².